The number of hydrogen-bond acceptors (Lipinski definition) is 2. The van der Waals surface area contributed by atoms with Gasteiger partial charge >= 0.3 is 5.97 Å². The zero-order chi connectivity index (χ0) is 10.0. The summed E-state index contributed by atoms with van der Waals surface area (Å²) in [6, 6.07) is 2.69. The van der Waals surface area contributed by atoms with Gasteiger partial charge in [0.15, 0.2) is 6.29 Å². The average Bonchev–Trinajstić information content (AvgIpc) is 2.04. The van der Waals surface area contributed by atoms with Crippen molar-refractivity contribution in [2.24, 2.45) is 0 Å². The number of aromatic carboxylic acids is 1. The SMILES string of the molecule is O=Cc1ccc(Cl)c(C(=O)O)c1Cl. The summed E-state index contributed by atoms with van der Waals surface area (Å²) in [6.07, 6.45) is 0.477. The Morgan fingerprint density at radius 3 is 2.46 bits per heavy atom. The van der Waals surface area contributed by atoms with Gasteiger partial charge in [0.25, 0.3) is 0 Å². The van der Waals surface area contributed by atoms with Crippen molar-refractivity contribution in [3.63, 3.8) is 0 Å². The standard InChI is InChI=1S/C8H4Cl2O3/c9-5-2-1-4(3-11)7(10)6(5)8(12)13/h1-3H,(H,12,13). The Morgan fingerprint density at radius 1 is 1.38 bits per heavy atom. The summed E-state index contributed by atoms with van der Waals surface area (Å²) < 4.78 is 0. The van der Waals surface area contributed by atoms with Crippen LogP contribution in [0.4, 0.5) is 0 Å². The molecule has 13 heavy (non-hydrogen) atoms. The van der Waals surface area contributed by atoms with Crippen LogP contribution in [-0.2, 0) is 0 Å². The molecule has 1 rings (SSSR count). The van der Waals surface area contributed by atoms with E-state index < -0.39 is 5.97 Å². The molecule has 0 radical (unpaired) electrons. The van der Waals surface area contributed by atoms with E-state index in [0.717, 1.165) is 0 Å². The molecule has 0 amide bonds. The van der Waals surface area contributed by atoms with Gasteiger partial charge in [0.05, 0.1) is 15.6 Å². The number of halogens is 2. The minimum Gasteiger partial charge on any atom is -0.478 e. The van der Waals surface area contributed by atoms with Crippen LogP contribution in [0.2, 0.25) is 10.0 Å². The highest BCUT2D eigenvalue weighted by molar-refractivity contribution is 6.40. The number of carbonyl (C=O) groups is 2. The molecule has 0 saturated carbocycles. The molecule has 0 aliphatic carbocycles. The van der Waals surface area contributed by atoms with Gasteiger partial charge in [-0.05, 0) is 12.1 Å². The molecule has 0 saturated heterocycles. The zero-order valence-corrected chi connectivity index (χ0v) is 7.76. The summed E-state index contributed by atoms with van der Waals surface area (Å²) in [4.78, 5) is 21.0. The smallest absolute Gasteiger partial charge is 0.338 e. The Labute approximate surface area is 83.9 Å². The van der Waals surface area contributed by atoms with Crippen molar-refractivity contribution in [3.05, 3.63) is 33.3 Å². The molecule has 0 aliphatic heterocycles. The largest absolute Gasteiger partial charge is 0.478 e. The number of aldehydes is 1. The Bertz CT molecular complexity index is 374. The van der Waals surface area contributed by atoms with Crippen LogP contribution in [0, 0.1) is 0 Å². The second-order valence-electron chi connectivity index (χ2n) is 2.25. The molecule has 1 aromatic rings. The number of carboxylic acids is 1. The van der Waals surface area contributed by atoms with Crippen molar-refractivity contribution >= 4 is 35.5 Å². The molecule has 0 fully saturated rings. The fraction of sp³-hybridized carbons (Fsp3) is 0. The fourth-order valence-corrected chi connectivity index (χ4v) is 1.43. The topological polar surface area (TPSA) is 54.4 Å². The minimum absolute atomic E-state index is 0.0168. The van der Waals surface area contributed by atoms with Gasteiger partial charge in [-0.15, -0.1) is 0 Å². The molecule has 0 spiro atoms. The van der Waals surface area contributed by atoms with E-state index >= 15 is 0 Å². The van der Waals surface area contributed by atoms with E-state index in [-0.39, 0.29) is 21.2 Å². The first-order chi connectivity index (χ1) is 6.07. The summed E-state index contributed by atoms with van der Waals surface area (Å²) in [6.45, 7) is 0. The molecular formula is C8H4Cl2O3. The van der Waals surface area contributed by atoms with Gasteiger partial charge in [0, 0.05) is 5.56 Å². The van der Waals surface area contributed by atoms with Gasteiger partial charge in [-0.1, -0.05) is 23.2 Å². The minimum atomic E-state index is -1.25. The number of benzene rings is 1. The van der Waals surface area contributed by atoms with Crippen LogP contribution in [0.15, 0.2) is 12.1 Å². The van der Waals surface area contributed by atoms with Crippen LogP contribution in [0.1, 0.15) is 20.7 Å². The second kappa shape index (κ2) is 3.77. The number of carbonyl (C=O) groups excluding carboxylic acids is 1. The van der Waals surface area contributed by atoms with Crippen LogP contribution in [0.25, 0.3) is 0 Å². The molecule has 0 aromatic heterocycles. The van der Waals surface area contributed by atoms with Crippen LogP contribution in [0.3, 0.4) is 0 Å². The third-order valence-corrected chi connectivity index (χ3v) is 2.18. The second-order valence-corrected chi connectivity index (χ2v) is 3.03. The van der Waals surface area contributed by atoms with Crippen LogP contribution in [-0.4, -0.2) is 17.4 Å². The van der Waals surface area contributed by atoms with Crippen LogP contribution in [0.5, 0.6) is 0 Å². The van der Waals surface area contributed by atoms with Gasteiger partial charge in [-0.3, -0.25) is 4.79 Å². The first kappa shape index (κ1) is 10.0. The van der Waals surface area contributed by atoms with E-state index in [9.17, 15) is 9.59 Å². The summed E-state index contributed by atoms with van der Waals surface area (Å²) in [7, 11) is 0. The lowest BCUT2D eigenvalue weighted by atomic mass is 10.1. The normalized spacial score (nSPS) is 9.69. The molecule has 0 atom stereocenters. The summed E-state index contributed by atoms with van der Waals surface area (Å²) in [5.74, 6) is -1.25. The van der Waals surface area contributed by atoms with Crippen molar-refractivity contribution in [1.29, 1.82) is 0 Å². The molecule has 0 bridgehead atoms. The lowest BCUT2D eigenvalue weighted by Gasteiger charge is -2.02. The Hall–Kier alpha value is -1.06. The van der Waals surface area contributed by atoms with E-state index in [0.29, 0.717) is 6.29 Å². The molecular weight excluding hydrogens is 215 g/mol. The van der Waals surface area contributed by atoms with E-state index in [1.54, 1.807) is 0 Å². The Kier molecular flexibility index (Phi) is 2.90. The average molecular weight is 219 g/mol. The number of carboxylic acid groups (broad SMARTS) is 1. The molecule has 3 nitrogen and oxygen atoms in total. The summed E-state index contributed by atoms with van der Waals surface area (Å²) in [5, 5.41) is 8.57. The quantitative estimate of drug-likeness (QED) is 0.777. The highest BCUT2D eigenvalue weighted by Crippen LogP contribution is 2.27. The van der Waals surface area contributed by atoms with Gasteiger partial charge in [-0.25, -0.2) is 4.79 Å². The first-order valence-electron chi connectivity index (χ1n) is 3.24. The van der Waals surface area contributed by atoms with Crippen molar-refractivity contribution < 1.29 is 14.7 Å². The maximum Gasteiger partial charge on any atom is 0.338 e. The maximum absolute atomic E-state index is 10.6. The van der Waals surface area contributed by atoms with Crippen molar-refractivity contribution in [3.8, 4) is 0 Å². The monoisotopic (exact) mass is 218 g/mol. The van der Waals surface area contributed by atoms with E-state index in [1.165, 1.54) is 12.1 Å². The van der Waals surface area contributed by atoms with Gasteiger partial charge in [0.1, 0.15) is 0 Å². The highest BCUT2D eigenvalue weighted by atomic mass is 35.5. The molecule has 1 aromatic carbocycles. The van der Waals surface area contributed by atoms with E-state index in [2.05, 4.69) is 0 Å². The zero-order valence-electron chi connectivity index (χ0n) is 6.25. The Balaban J connectivity index is 3.47. The number of rotatable bonds is 2. The first-order valence-corrected chi connectivity index (χ1v) is 4.00. The lowest BCUT2D eigenvalue weighted by molar-refractivity contribution is 0.0697. The number of hydrogen-bond donors (Lipinski definition) is 1. The van der Waals surface area contributed by atoms with Gasteiger partial charge < -0.3 is 5.11 Å². The molecule has 0 heterocycles. The van der Waals surface area contributed by atoms with E-state index in [4.69, 9.17) is 28.3 Å². The molecule has 68 valence electrons. The van der Waals surface area contributed by atoms with Gasteiger partial charge in [-0.2, -0.15) is 0 Å². The third kappa shape index (κ3) is 1.82. The third-order valence-electron chi connectivity index (χ3n) is 1.46. The maximum atomic E-state index is 10.6. The summed E-state index contributed by atoms with van der Waals surface area (Å²) in [5.41, 5.74) is -0.128. The molecule has 0 unspecified atom stereocenters. The van der Waals surface area contributed by atoms with Gasteiger partial charge in [0.2, 0.25) is 0 Å². The fourth-order valence-electron chi connectivity index (χ4n) is 0.856. The summed E-state index contributed by atoms with van der Waals surface area (Å²) >= 11 is 11.2. The van der Waals surface area contributed by atoms with E-state index in [1.807, 2.05) is 0 Å². The highest BCUT2D eigenvalue weighted by Gasteiger charge is 2.16. The Morgan fingerprint density at radius 2 is 2.00 bits per heavy atom. The van der Waals surface area contributed by atoms with Crippen LogP contribution < -0.4 is 0 Å². The molecule has 1 N–H and O–H groups in total. The van der Waals surface area contributed by atoms with Crippen molar-refractivity contribution in [2.75, 3.05) is 0 Å². The predicted octanol–water partition coefficient (Wildman–Crippen LogP) is 2.50. The van der Waals surface area contributed by atoms with Crippen molar-refractivity contribution in [2.45, 2.75) is 0 Å². The molecule has 0 aliphatic rings. The molecule has 5 heteroatoms. The lowest BCUT2D eigenvalue weighted by Crippen LogP contribution is -2.00. The predicted molar refractivity (Wildman–Crippen MR) is 48.8 cm³/mol. The van der Waals surface area contributed by atoms with Crippen LogP contribution >= 0.6 is 23.2 Å². The van der Waals surface area contributed by atoms with Crippen molar-refractivity contribution in [1.82, 2.24) is 0 Å².